The summed E-state index contributed by atoms with van der Waals surface area (Å²) in [7, 11) is 0. The number of amides is 3. The number of aromatic nitrogens is 1. The average molecular weight is 545 g/mol. The van der Waals surface area contributed by atoms with Gasteiger partial charge >= 0.3 is 18.6 Å². The lowest BCUT2D eigenvalue weighted by Gasteiger charge is -2.47. The molecule has 0 aliphatic carbocycles. The Balaban J connectivity index is 2.24. The molecular formula is C20H16Cl2F6N4O3. The van der Waals surface area contributed by atoms with Gasteiger partial charge in [0.1, 0.15) is 11.3 Å². The molecule has 2 aromatic rings. The van der Waals surface area contributed by atoms with Crippen LogP contribution in [0.5, 0.6) is 5.75 Å². The maximum Gasteiger partial charge on any atom is 0.573 e. The second-order valence-corrected chi connectivity index (χ2v) is 8.48. The molecule has 1 fully saturated rings. The number of nitrogens with zero attached hydrogens (tertiary/aromatic N) is 2. The number of alkyl halides is 6. The molecule has 1 saturated heterocycles. The maximum absolute atomic E-state index is 13.2. The third-order valence-electron chi connectivity index (χ3n) is 5.45. The van der Waals surface area contributed by atoms with Crippen LogP contribution in [0.3, 0.4) is 0 Å². The molecule has 190 valence electrons. The Morgan fingerprint density at radius 1 is 1.17 bits per heavy atom. The Labute approximate surface area is 204 Å². The van der Waals surface area contributed by atoms with Crippen LogP contribution in [-0.4, -0.2) is 46.8 Å². The van der Waals surface area contributed by atoms with Gasteiger partial charge in [0.05, 0.1) is 10.0 Å². The molecule has 3 N–H and O–H groups in total. The zero-order valence-corrected chi connectivity index (χ0v) is 19.1. The molecule has 0 bridgehead atoms. The molecule has 1 aliphatic heterocycles. The molecule has 0 saturated carbocycles. The number of ether oxygens (including phenoxy) is 1. The highest BCUT2D eigenvalue weighted by molar-refractivity contribution is 6.32. The van der Waals surface area contributed by atoms with Gasteiger partial charge in [0, 0.05) is 25.2 Å². The summed E-state index contributed by atoms with van der Waals surface area (Å²) in [5, 5.41) is 1.25. The van der Waals surface area contributed by atoms with E-state index in [9.17, 15) is 35.9 Å². The fourth-order valence-corrected chi connectivity index (χ4v) is 4.52. The van der Waals surface area contributed by atoms with Gasteiger partial charge in [-0.05, 0) is 36.2 Å². The lowest BCUT2D eigenvalue weighted by Crippen LogP contribution is -2.68. The van der Waals surface area contributed by atoms with E-state index in [1.165, 1.54) is 6.92 Å². The molecule has 2 heterocycles. The maximum atomic E-state index is 13.2. The first-order valence-electron chi connectivity index (χ1n) is 9.69. The van der Waals surface area contributed by atoms with Crippen molar-refractivity contribution in [1.82, 2.24) is 15.2 Å². The van der Waals surface area contributed by atoms with Crippen LogP contribution in [0.4, 0.5) is 31.1 Å². The van der Waals surface area contributed by atoms with Gasteiger partial charge in [0.15, 0.2) is 5.69 Å². The second-order valence-electron chi connectivity index (χ2n) is 7.66. The molecule has 0 radical (unpaired) electrons. The van der Waals surface area contributed by atoms with E-state index in [0.717, 1.165) is 35.4 Å². The Morgan fingerprint density at radius 2 is 1.80 bits per heavy atom. The van der Waals surface area contributed by atoms with Crippen LogP contribution in [0.15, 0.2) is 30.5 Å². The Hall–Kier alpha value is -2.93. The number of nitrogens with two attached hydrogens (primary N) is 1. The molecule has 2 atom stereocenters. The summed E-state index contributed by atoms with van der Waals surface area (Å²) >= 11 is 11.8. The van der Waals surface area contributed by atoms with Crippen LogP contribution in [0.25, 0.3) is 0 Å². The van der Waals surface area contributed by atoms with Gasteiger partial charge in [-0.3, -0.25) is 9.78 Å². The quantitative estimate of drug-likeness (QED) is 0.545. The van der Waals surface area contributed by atoms with Gasteiger partial charge in [0.2, 0.25) is 5.91 Å². The minimum atomic E-state index is -5.05. The number of rotatable bonds is 4. The lowest BCUT2D eigenvalue weighted by atomic mass is 9.73. The number of halogens is 8. The first kappa shape index (κ1) is 26.7. The van der Waals surface area contributed by atoms with E-state index in [-0.39, 0.29) is 24.2 Å². The topological polar surface area (TPSA) is 97.6 Å². The van der Waals surface area contributed by atoms with Gasteiger partial charge in [-0.2, -0.15) is 13.2 Å². The standard InChI is InChI=1S/C20H16Cl2F6N4O3/c1-18(16(33)30-4-5-32(18)17(29)34)14(10-7-12(22)15(31-8-10)19(23,24)25)9-2-3-13(11(21)6-9)35-20(26,27)28/h2-3,6-8,14H,4-5H2,1H3,(H2,29,34)(H,30,33)/t14-,18?/m0/s1. The highest BCUT2D eigenvalue weighted by Crippen LogP contribution is 2.44. The number of nitrogens with one attached hydrogen (secondary N) is 1. The molecule has 1 aliphatic rings. The number of benzene rings is 1. The third-order valence-corrected chi connectivity index (χ3v) is 6.03. The molecule has 0 spiro atoms. The molecule has 15 heteroatoms. The van der Waals surface area contributed by atoms with Gasteiger partial charge in [-0.1, -0.05) is 29.3 Å². The molecule has 1 aromatic heterocycles. The van der Waals surface area contributed by atoms with Crippen molar-refractivity contribution in [3.8, 4) is 5.75 Å². The van der Waals surface area contributed by atoms with Crippen LogP contribution < -0.4 is 15.8 Å². The van der Waals surface area contributed by atoms with Crippen molar-refractivity contribution in [2.24, 2.45) is 5.73 Å². The average Bonchev–Trinajstić information content (AvgIpc) is 2.70. The monoisotopic (exact) mass is 544 g/mol. The van der Waals surface area contributed by atoms with Crippen LogP contribution in [0, 0.1) is 0 Å². The lowest BCUT2D eigenvalue weighted by molar-refractivity contribution is -0.274. The minimum Gasteiger partial charge on any atom is -0.404 e. The fourth-order valence-electron chi connectivity index (χ4n) is 4.01. The first-order chi connectivity index (χ1) is 16.1. The summed E-state index contributed by atoms with van der Waals surface area (Å²) in [6.45, 7) is 1.28. The molecule has 1 unspecified atom stereocenters. The number of carbonyl (C=O) groups excluding carboxylic acids is 2. The Bertz CT molecular complexity index is 1160. The first-order valence-corrected chi connectivity index (χ1v) is 10.4. The van der Waals surface area contributed by atoms with E-state index in [0.29, 0.717) is 0 Å². The number of carbonyl (C=O) groups is 2. The van der Waals surface area contributed by atoms with Crippen LogP contribution in [0.2, 0.25) is 10.0 Å². The largest absolute Gasteiger partial charge is 0.573 e. The molecule has 7 nitrogen and oxygen atoms in total. The van der Waals surface area contributed by atoms with Gasteiger partial charge in [-0.15, -0.1) is 13.2 Å². The third kappa shape index (κ3) is 5.35. The number of piperazine rings is 1. The van der Waals surface area contributed by atoms with Gasteiger partial charge in [-0.25, -0.2) is 4.79 Å². The highest BCUT2D eigenvalue weighted by Gasteiger charge is 2.52. The summed E-state index contributed by atoms with van der Waals surface area (Å²) in [6, 6.07) is 2.92. The van der Waals surface area contributed by atoms with Crippen molar-refractivity contribution in [3.05, 3.63) is 57.3 Å². The summed E-state index contributed by atoms with van der Waals surface area (Å²) in [6.07, 6.45) is -9.12. The normalized spacial score (nSPS) is 19.8. The van der Waals surface area contributed by atoms with Crippen LogP contribution in [-0.2, 0) is 11.0 Å². The van der Waals surface area contributed by atoms with Crippen LogP contribution in [0.1, 0.15) is 29.7 Å². The summed E-state index contributed by atoms with van der Waals surface area (Å²) in [5.74, 6) is -2.79. The highest BCUT2D eigenvalue weighted by atomic mass is 35.5. The molecule has 35 heavy (non-hydrogen) atoms. The van der Waals surface area contributed by atoms with E-state index >= 15 is 0 Å². The predicted molar refractivity (Wildman–Crippen MR) is 112 cm³/mol. The fraction of sp³-hybridized carbons (Fsp3) is 0.350. The Kier molecular flexibility index (Phi) is 7.06. The molecular weight excluding hydrogens is 529 g/mol. The number of primary amides is 1. The van der Waals surface area contributed by atoms with Crippen molar-refractivity contribution >= 4 is 35.1 Å². The molecule has 3 amide bonds. The van der Waals surface area contributed by atoms with Crippen molar-refractivity contribution in [1.29, 1.82) is 0 Å². The molecule has 3 rings (SSSR count). The number of pyridine rings is 1. The van der Waals surface area contributed by atoms with Crippen molar-refractivity contribution in [2.75, 3.05) is 13.1 Å². The van der Waals surface area contributed by atoms with Gasteiger partial charge < -0.3 is 20.7 Å². The van der Waals surface area contributed by atoms with E-state index in [1.54, 1.807) is 0 Å². The summed E-state index contributed by atoms with van der Waals surface area (Å²) in [4.78, 5) is 29.7. The SMILES string of the molecule is CC1([C@@H](c2ccc(OC(F)(F)F)c(Cl)c2)c2cnc(C(F)(F)F)c(Cl)c2)C(=O)NCCN1C(N)=O. The number of urea groups is 1. The van der Waals surface area contributed by atoms with Crippen molar-refractivity contribution in [3.63, 3.8) is 0 Å². The number of hydrogen-bond donors (Lipinski definition) is 2. The summed E-state index contributed by atoms with van der Waals surface area (Å²) in [5.41, 5.74) is 2.22. The van der Waals surface area contributed by atoms with Crippen LogP contribution >= 0.6 is 23.2 Å². The minimum absolute atomic E-state index is 0.0369. The molecule has 1 aromatic carbocycles. The smallest absolute Gasteiger partial charge is 0.404 e. The van der Waals surface area contributed by atoms with Gasteiger partial charge in [0.25, 0.3) is 0 Å². The van der Waals surface area contributed by atoms with Crippen molar-refractivity contribution in [2.45, 2.75) is 30.9 Å². The summed E-state index contributed by atoms with van der Waals surface area (Å²) < 4.78 is 81.4. The van der Waals surface area contributed by atoms with Crippen molar-refractivity contribution < 1.29 is 40.7 Å². The van der Waals surface area contributed by atoms with E-state index < -0.39 is 57.4 Å². The zero-order valence-electron chi connectivity index (χ0n) is 17.6. The predicted octanol–water partition coefficient (Wildman–Crippen LogP) is 4.71. The second kappa shape index (κ2) is 9.26. The van der Waals surface area contributed by atoms with E-state index in [1.807, 2.05) is 0 Å². The Morgan fingerprint density at radius 3 is 2.31 bits per heavy atom. The zero-order chi connectivity index (χ0) is 26.3. The number of hydrogen-bond acceptors (Lipinski definition) is 4. The van der Waals surface area contributed by atoms with E-state index in [4.69, 9.17) is 28.9 Å². The van der Waals surface area contributed by atoms with E-state index in [2.05, 4.69) is 15.0 Å².